The van der Waals surface area contributed by atoms with Crippen molar-refractivity contribution in [3.63, 3.8) is 0 Å². The van der Waals surface area contributed by atoms with E-state index in [-0.39, 0.29) is 10.8 Å². The Bertz CT molecular complexity index is 395. The molecule has 0 aliphatic heterocycles. The Balaban J connectivity index is 3.38. The predicted octanol–water partition coefficient (Wildman–Crippen LogP) is 3.14. The minimum absolute atomic E-state index is 0.0127. The second kappa shape index (κ2) is 4.28. The molecule has 0 aliphatic carbocycles. The van der Waals surface area contributed by atoms with Crippen molar-refractivity contribution in [3.8, 4) is 0 Å². The molecule has 0 radical (unpaired) electrons. The summed E-state index contributed by atoms with van der Waals surface area (Å²) in [6.45, 7) is 13.0. The molecule has 96 valence electrons. The highest BCUT2D eigenvalue weighted by atomic mass is 15.2. The first kappa shape index (κ1) is 13.9. The number of rotatable bonds is 1. The molecule has 0 bridgehead atoms. The number of nitrogens with zero attached hydrogens (tertiary/aromatic N) is 3. The Kier molecular flexibility index (Phi) is 3.51. The lowest BCUT2D eigenvalue weighted by atomic mass is 9.87. The third-order valence-corrected chi connectivity index (χ3v) is 2.67. The molecule has 0 saturated carbocycles. The first-order valence-electron chi connectivity index (χ1n) is 6.09. The van der Waals surface area contributed by atoms with E-state index in [0.717, 1.165) is 11.6 Å². The Morgan fingerprint density at radius 3 is 1.82 bits per heavy atom. The van der Waals surface area contributed by atoms with Crippen LogP contribution in [-0.4, -0.2) is 24.1 Å². The summed E-state index contributed by atoms with van der Waals surface area (Å²) in [6, 6.07) is 0. The van der Waals surface area contributed by atoms with E-state index in [0.29, 0.717) is 0 Å². The third-order valence-electron chi connectivity index (χ3n) is 2.67. The summed E-state index contributed by atoms with van der Waals surface area (Å²) in [5, 5.41) is 0. The van der Waals surface area contributed by atoms with Gasteiger partial charge in [0.1, 0.15) is 11.6 Å². The lowest BCUT2D eigenvalue weighted by molar-refractivity contribution is 0.532. The lowest BCUT2D eigenvalue weighted by Gasteiger charge is -2.27. The largest absolute Gasteiger partial charge is 0.362 e. The number of hydrogen-bond donors (Lipinski definition) is 0. The maximum atomic E-state index is 4.72. The van der Waals surface area contributed by atoms with Crippen LogP contribution in [0, 0.1) is 0 Å². The van der Waals surface area contributed by atoms with E-state index in [2.05, 4.69) is 51.4 Å². The molecule has 0 amide bonds. The van der Waals surface area contributed by atoms with Gasteiger partial charge < -0.3 is 4.90 Å². The van der Waals surface area contributed by atoms with Crippen LogP contribution in [0.4, 0.5) is 5.82 Å². The van der Waals surface area contributed by atoms with Gasteiger partial charge in [-0.3, -0.25) is 0 Å². The molecule has 0 unspecified atom stereocenters. The summed E-state index contributed by atoms with van der Waals surface area (Å²) >= 11 is 0. The first-order valence-corrected chi connectivity index (χ1v) is 6.09. The van der Waals surface area contributed by atoms with Gasteiger partial charge in [0.15, 0.2) is 0 Å². The van der Waals surface area contributed by atoms with Gasteiger partial charge in [0.05, 0.1) is 0 Å². The smallest absolute Gasteiger partial charge is 0.136 e. The molecule has 0 aliphatic rings. The van der Waals surface area contributed by atoms with Crippen molar-refractivity contribution >= 4 is 5.82 Å². The van der Waals surface area contributed by atoms with Crippen LogP contribution in [0.5, 0.6) is 0 Å². The third kappa shape index (κ3) is 3.18. The minimum Gasteiger partial charge on any atom is -0.362 e. The van der Waals surface area contributed by atoms with Gasteiger partial charge in [-0.1, -0.05) is 41.5 Å². The fraction of sp³-hybridized carbons (Fsp3) is 0.714. The van der Waals surface area contributed by atoms with E-state index in [9.17, 15) is 0 Å². The van der Waals surface area contributed by atoms with Gasteiger partial charge in [-0.15, -0.1) is 0 Å². The molecule has 3 nitrogen and oxygen atoms in total. The predicted molar refractivity (Wildman–Crippen MR) is 73.8 cm³/mol. The van der Waals surface area contributed by atoms with Crippen LogP contribution in [0.15, 0.2) is 6.20 Å². The summed E-state index contributed by atoms with van der Waals surface area (Å²) in [5.74, 6) is 1.92. The Morgan fingerprint density at radius 2 is 1.47 bits per heavy atom. The van der Waals surface area contributed by atoms with Crippen LogP contribution in [0.2, 0.25) is 0 Å². The van der Waals surface area contributed by atoms with E-state index in [1.165, 1.54) is 5.56 Å². The zero-order valence-corrected chi connectivity index (χ0v) is 12.4. The SMILES string of the molecule is CN(C)c1nc(C(C)(C)C)ncc1C(C)(C)C. The van der Waals surface area contributed by atoms with Crippen molar-refractivity contribution in [2.45, 2.75) is 52.4 Å². The summed E-state index contributed by atoms with van der Waals surface area (Å²) in [5.41, 5.74) is 1.24. The molecule has 1 aromatic heterocycles. The van der Waals surface area contributed by atoms with Gasteiger partial charge in [0.25, 0.3) is 0 Å². The van der Waals surface area contributed by atoms with Gasteiger partial charge in [-0.25, -0.2) is 9.97 Å². The van der Waals surface area contributed by atoms with Crippen molar-refractivity contribution in [1.82, 2.24) is 9.97 Å². The van der Waals surface area contributed by atoms with Crippen molar-refractivity contribution < 1.29 is 0 Å². The highest BCUT2D eigenvalue weighted by molar-refractivity contribution is 5.48. The zero-order valence-electron chi connectivity index (χ0n) is 12.4. The molecule has 1 rings (SSSR count). The minimum atomic E-state index is -0.0127. The average molecular weight is 235 g/mol. The maximum absolute atomic E-state index is 4.72. The fourth-order valence-electron chi connectivity index (χ4n) is 1.60. The molecular formula is C14H25N3. The van der Waals surface area contributed by atoms with Gasteiger partial charge in [0, 0.05) is 31.3 Å². The fourth-order valence-corrected chi connectivity index (χ4v) is 1.60. The van der Waals surface area contributed by atoms with Crippen LogP contribution in [0.1, 0.15) is 52.9 Å². The molecule has 1 heterocycles. The highest BCUT2D eigenvalue weighted by Crippen LogP contribution is 2.30. The molecular weight excluding hydrogens is 210 g/mol. The molecule has 3 heteroatoms. The quantitative estimate of drug-likeness (QED) is 0.749. The monoisotopic (exact) mass is 235 g/mol. The number of hydrogen-bond acceptors (Lipinski definition) is 3. The van der Waals surface area contributed by atoms with Gasteiger partial charge in [-0.05, 0) is 5.41 Å². The van der Waals surface area contributed by atoms with Gasteiger partial charge >= 0.3 is 0 Å². The van der Waals surface area contributed by atoms with Crippen LogP contribution in [0.25, 0.3) is 0 Å². The molecule has 0 N–H and O–H groups in total. The second-order valence-electron chi connectivity index (χ2n) is 6.83. The number of anilines is 1. The van der Waals surface area contributed by atoms with Crippen molar-refractivity contribution in [3.05, 3.63) is 17.6 Å². The summed E-state index contributed by atoms with van der Waals surface area (Å²) in [4.78, 5) is 11.3. The van der Waals surface area contributed by atoms with Crippen LogP contribution in [-0.2, 0) is 10.8 Å². The highest BCUT2D eigenvalue weighted by Gasteiger charge is 2.24. The first-order chi connectivity index (χ1) is 7.53. The molecule has 17 heavy (non-hydrogen) atoms. The van der Waals surface area contributed by atoms with Crippen molar-refractivity contribution in [1.29, 1.82) is 0 Å². The maximum Gasteiger partial charge on any atom is 0.136 e. The topological polar surface area (TPSA) is 29.0 Å². The molecule has 0 fully saturated rings. The van der Waals surface area contributed by atoms with E-state index in [1.54, 1.807) is 0 Å². The van der Waals surface area contributed by atoms with E-state index < -0.39 is 0 Å². The summed E-state index contributed by atoms with van der Waals surface area (Å²) < 4.78 is 0. The van der Waals surface area contributed by atoms with E-state index >= 15 is 0 Å². The molecule has 0 aromatic carbocycles. The zero-order chi connectivity index (χ0) is 13.4. The normalized spacial score (nSPS) is 12.7. The summed E-state index contributed by atoms with van der Waals surface area (Å²) in [6.07, 6.45) is 1.98. The van der Waals surface area contributed by atoms with Gasteiger partial charge in [0.2, 0.25) is 0 Å². The van der Waals surface area contributed by atoms with Crippen molar-refractivity contribution in [2.24, 2.45) is 0 Å². The van der Waals surface area contributed by atoms with Crippen LogP contribution < -0.4 is 4.90 Å². The van der Waals surface area contributed by atoms with Crippen LogP contribution >= 0.6 is 0 Å². The van der Waals surface area contributed by atoms with E-state index in [4.69, 9.17) is 4.98 Å². The van der Waals surface area contributed by atoms with Crippen LogP contribution in [0.3, 0.4) is 0 Å². The Labute approximate surface area is 105 Å². The lowest BCUT2D eigenvalue weighted by Crippen LogP contribution is -2.25. The van der Waals surface area contributed by atoms with Crippen molar-refractivity contribution in [2.75, 3.05) is 19.0 Å². The standard InChI is InChI=1S/C14H25N3/c1-13(2,3)10-9-15-12(14(4,5)6)16-11(10)17(7)8/h9H,1-8H3. The Morgan fingerprint density at radius 1 is 0.941 bits per heavy atom. The molecule has 0 saturated heterocycles. The molecule has 1 aromatic rings. The number of aromatic nitrogens is 2. The molecule has 0 spiro atoms. The summed E-state index contributed by atoms with van der Waals surface area (Å²) in [7, 11) is 4.06. The average Bonchev–Trinajstić information content (AvgIpc) is 2.14. The molecule has 0 atom stereocenters. The van der Waals surface area contributed by atoms with E-state index in [1.807, 2.05) is 20.3 Å². The second-order valence-corrected chi connectivity index (χ2v) is 6.83. The van der Waals surface area contributed by atoms with Gasteiger partial charge in [-0.2, -0.15) is 0 Å². The Hall–Kier alpha value is -1.12.